The normalized spacial score (nSPS) is 21.2. The molecule has 21 heavy (non-hydrogen) atoms. The van der Waals surface area contributed by atoms with Crippen molar-refractivity contribution in [2.24, 2.45) is 0 Å². The molecule has 1 heterocycles. The fourth-order valence-corrected chi connectivity index (χ4v) is 3.16. The summed E-state index contributed by atoms with van der Waals surface area (Å²) in [5.41, 5.74) is 3.07. The summed E-state index contributed by atoms with van der Waals surface area (Å²) >= 11 is 0. The van der Waals surface area contributed by atoms with Crippen LogP contribution in [-0.2, 0) is 22.4 Å². The van der Waals surface area contributed by atoms with Crippen molar-refractivity contribution in [2.45, 2.75) is 38.6 Å². The maximum Gasteiger partial charge on any atom is 0.255 e. The van der Waals surface area contributed by atoms with E-state index in [2.05, 4.69) is 5.32 Å². The molecule has 0 radical (unpaired) electrons. The molecule has 1 aromatic rings. The summed E-state index contributed by atoms with van der Waals surface area (Å²) in [7, 11) is 0. The first-order chi connectivity index (χ1) is 10.1. The Morgan fingerprint density at radius 2 is 2.05 bits per heavy atom. The smallest absolute Gasteiger partial charge is 0.255 e. The van der Waals surface area contributed by atoms with Gasteiger partial charge in [-0.3, -0.25) is 19.7 Å². The summed E-state index contributed by atoms with van der Waals surface area (Å²) in [5, 5.41) is 2.29. The molecule has 1 unspecified atom stereocenters. The lowest BCUT2D eigenvalue weighted by molar-refractivity contribution is -0.138. The zero-order chi connectivity index (χ0) is 15.0. The van der Waals surface area contributed by atoms with Gasteiger partial charge in [0.25, 0.3) is 5.91 Å². The third-order valence-electron chi connectivity index (χ3n) is 4.25. The van der Waals surface area contributed by atoms with Crippen molar-refractivity contribution < 1.29 is 14.4 Å². The molecule has 3 amide bonds. The number of nitrogens with one attached hydrogen (secondary N) is 1. The molecule has 3 rings (SSSR count). The number of rotatable bonds is 2. The first-order valence-electron chi connectivity index (χ1n) is 7.36. The molecule has 1 fully saturated rings. The Balaban J connectivity index is 1.89. The maximum absolute atomic E-state index is 12.7. The van der Waals surface area contributed by atoms with E-state index in [1.165, 1.54) is 16.0 Å². The van der Waals surface area contributed by atoms with E-state index < -0.39 is 11.9 Å². The van der Waals surface area contributed by atoms with Crippen LogP contribution in [0.4, 0.5) is 0 Å². The van der Waals surface area contributed by atoms with Crippen LogP contribution in [0.3, 0.4) is 0 Å². The minimum atomic E-state index is -0.566. The molecule has 0 bridgehead atoms. The van der Waals surface area contributed by atoms with E-state index in [-0.39, 0.29) is 18.4 Å². The lowest BCUT2D eigenvalue weighted by Gasteiger charge is -2.33. The zero-order valence-corrected chi connectivity index (χ0v) is 12.0. The summed E-state index contributed by atoms with van der Waals surface area (Å²) < 4.78 is 0. The first-order valence-corrected chi connectivity index (χ1v) is 7.36. The second kappa shape index (κ2) is 5.31. The highest BCUT2D eigenvalue weighted by Crippen LogP contribution is 2.24. The predicted octanol–water partition coefficient (Wildman–Crippen LogP) is 1.05. The molecular formula is C16H18N2O3. The molecule has 0 aromatic heterocycles. The van der Waals surface area contributed by atoms with Crippen LogP contribution in [0.15, 0.2) is 18.2 Å². The number of piperazine rings is 1. The number of fused-ring (bicyclic) bond motifs is 1. The second-order valence-corrected chi connectivity index (χ2v) is 5.61. The average Bonchev–Trinajstić information content (AvgIpc) is 2.93. The number of aryl methyl sites for hydroxylation is 2. The topological polar surface area (TPSA) is 66.5 Å². The van der Waals surface area contributed by atoms with E-state index in [0.717, 1.165) is 19.3 Å². The van der Waals surface area contributed by atoms with Crippen LogP contribution in [0.5, 0.6) is 0 Å². The molecule has 110 valence electrons. The Bertz CT molecular complexity index is 624. The minimum absolute atomic E-state index is 0.0554. The molecule has 1 saturated heterocycles. The van der Waals surface area contributed by atoms with Crippen molar-refractivity contribution in [2.75, 3.05) is 6.54 Å². The van der Waals surface area contributed by atoms with Crippen molar-refractivity contribution >= 4 is 17.7 Å². The van der Waals surface area contributed by atoms with E-state index >= 15 is 0 Å². The standard InChI is InChI=1S/C16H18N2O3/c1-2-13-15(20)17-14(19)9-18(13)16(21)12-7-6-10-4-3-5-11(10)8-12/h6-8,13H,2-5,9H2,1H3,(H,17,19,20). The van der Waals surface area contributed by atoms with E-state index in [4.69, 9.17) is 0 Å². The lowest BCUT2D eigenvalue weighted by Crippen LogP contribution is -2.59. The summed E-state index contributed by atoms with van der Waals surface area (Å²) in [6.07, 6.45) is 3.67. The number of carbonyl (C=O) groups excluding carboxylic acids is 3. The lowest BCUT2D eigenvalue weighted by atomic mass is 10.0. The fourth-order valence-electron chi connectivity index (χ4n) is 3.16. The SMILES string of the molecule is CCC1C(=O)NC(=O)CN1C(=O)c1ccc2c(c1)CCC2. The third-order valence-corrected chi connectivity index (χ3v) is 4.25. The fraction of sp³-hybridized carbons (Fsp3) is 0.438. The molecule has 0 spiro atoms. The number of hydrogen-bond acceptors (Lipinski definition) is 3. The van der Waals surface area contributed by atoms with Crippen molar-refractivity contribution in [3.05, 3.63) is 34.9 Å². The number of imide groups is 1. The van der Waals surface area contributed by atoms with Gasteiger partial charge in [-0.2, -0.15) is 0 Å². The van der Waals surface area contributed by atoms with Crippen LogP contribution in [0.1, 0.15) is 41.3 Å². The Morgan fingerprint density at radius 1 is 1.29 bits per heavy atom. The van der Waals surface area contributed by atoms with Crippen LogP contribution in [0, 0.1) is 0 Å². The molecule has 1 aliphatic carbocycles. The van der Waals surface area contributed by atoms with Gasteiger partial charge in [0, 0.05) is 5.56 Å². The van der Waals surface area contributed by atoms with E-state index in [9.17, 15) is 14.4 Å². The molecule has 1 aliphatic heterocycles. The van der Waals surface area contributed by atoms with Gasteiger partial charge in [-0.1, -0.05) is 13.0 Å². The quantitative estimate of drug-likeness (QED) is 0.826. The van der Waals surface area contributed by atoms with E-state index in [1.54, 1.807) is 6.07 Å². The van der Waals surface area contributed by atoms with Gasteiger partial charge in [-0.25, -0.2) is 0 Å². The van der Waals surface area contributed by atoms with Gasteiger partial charge in [0.15, 0.2) is 0 Å². The van der Waals surface area contributed by atoms with Gasteiger partial charge in [0.2, 0.25) is 11.8 Å². The van der Waals surface area contributed by atoms with Gasteiger partial charge in [-0.05, 0) is 48.9 Å². The Kier molecular flexibility index (Phi) is 3.49. The van der Waals surface area contributed by atoms with Crippen molar-refractivity contribution in [3.8, 4) is 0 Å². The molecule has 1 N–H and O–H groups in total. The van der Waals surface area contributed by atoms with Gasteiger partial charge >= 0.3 is 0 Å². The average molecular weight is 286 g/mol. The summed E-state index contributed by atoms with van der Waals surface area (Å²) in [4.78, 5) is 37.4. The summed E-state index contributed by atoms with van der Waals surface area (Å²) in [6.45, 7) is 1.78. The van der Waals surface area contributed by atoms with Crippen LogP contribution >= 0.6 is 0 Å². The van der Waals surface area contributed by atoms with Gasteiger partial charge in [0.05, 0.1) is 0 Å². The van der Waals surface area contributed by atoms with Crippen LogP contribution in [0.25, 0.3) is 0 Å². The van der Waals surface area contributed by atoms with E-state index in [0.29, 0.717) is 12.0 Å². The van der Waals surface area contributed by atoms with Gasteiger partial charge in [-0.15, -0.1) is 0 Å². The maximum atomic E-state index is 12.7. The molecular weight excluding hydrogens is 268 g/mol. The third kappa shape index (κ3) is 2.44. The number of hydrogen-bond donors (Lipinski definition) is 1. The second-order valence-electron chi connectivity index (χ2n) is 5.61. The Morgan fingerprint density at radius 3 is 2.81 bits per heavy atom. The van der Waals surface area contributed by atoms with Crippen LogP contribution in [-0.4, -0.2) is 35.2 Å². The van der Waals surface area contributed by atoms with Crippen molar-refractivity contribution in [1.29, 1.82) is 0 Å². The number of nitrogens with zero attached hydrogens (tertiary/aromatic N) is 1. The van der Waals surface area contributed by atoms with Gasteiger partial charge < -0.3 is 4.90 Å². The van der Waals surface area contributed by atoms with Crippen molar-refractivity contribution in [3.63, 3.8) is 0 Å². The molecule has 5 heteroatoms. The van der Waals surface area contributed by atoms with Gasteiger partial charge in [0.1, 0.15) is 12.6 Å². The molecule has 1 atom stereocenters. The largest absolute Gasteiger partial charge is 0.317 e. The number of amides is 3. The monoisotopic (exact) mass is 286 g/mol. The Hall–Kier alpha value is -2.17. The number of carbonyl (C=O) groups is 3. The first kappa shape index (κ1) is 13.8. The van der Waals surface area contributed by atoms with Crippen molar-refractivity contribution in [1.82, 2.24) is 10.2 Å². The summed E-state index contributed by atoms with van der Waals surface area (Å²) in [6, 6.07) is 5.14. The highest BCUT2D eigenvalue weighted by atomic mass is 16.2. The van der Waals surface area contributed by atoms with E-state index in [1.807, 2.05) is 19.1 Å². The summed E-state index contributed by atoms with van der Waals surface area (Å²) in [5.74, 6) is -1.04. The number of benzene rings is 1. The predicted molar refractivity (Wildman–Crippen MR) is 76.7 cm³/mol. The zero-order valence-electron chi connectivity index (χ0n) is 12.0. The Labute approximate surface area is 123 Å². The minimum Gasteiger partial charge on any atom is -0.317 e. The van der Waals surface area contributed by atoms with Crippen LogP contribution < -0.4 is 5.32 Å². The highest BCUT2D eigenvalue weighted by Gasteiger charge is 2.36. The molecule has 2 aliphatic rings. The van der Waals surface area contributed by atoms with Crippen LogP contribution in [0.2, 0.25) is 0 Å². The molecule has 5 nitrogen and oxygen atoms in total. The highest BCUT2D eigenvalue weighted by molar-refractivity contribution is 6.07. The molecule has 1 aromatic carbocycles. The molecule has 0 saturated carbocycles.